The van der Waals surface area contributed by atoms with Crippen LogP contribution in [0.4, 0.5) is 13.2 Å². The van der Waals surface area contributed by atoms with E-state index in [2.05, 4.69) is 15.0 Å². The van der Waals surface area contributed by atoms with Crippen molar-refractivity contribution in [3.63, 3.8) is 0 Å². The molecule has 0 aliphatic carbocycles. The van der Waals surface area contributed by atoms with Gasteiger partial charge in [0.05, 0.1) is 15.6 Å². The summed E-state index contributed by atoms with van der Waals surface area (Å²) in [6.45, 7) is 3.12. The van der Waals surface area contributed by atoms with Crippen LogP contribution in [-0.4, -0.2) is 34.2 Å². The van der Waals surface area contributed by atoms with Gasteiger partial charge in [-0.25, -0.2) is 18.4 Å². The van der Waals surface area contributed by atoms with Crippen LogP contribution in [0.2, 0.25) is 5.02 Å². The molecule has 0 fully saturated rings. The molecule has 7 nitrogen and oxygen atoms in total. The van der Waals surface area contributed by atoms with Crippen LogP contribution in [0.15, 0.2) is 76.3 Å². The van der Waals surface area contributed by atoms with Gasteiger partial charge in [-0.2, -0.15) is 13.2 Å². The van der Waals surface area contributed by atoms with Gasteiger partial charge in [-0.3, -0.25) is 4.98 Å². The molecule has 0 radical (unpaired) electrons. The molecule has 12 heteroatoms. The first-order chi connectivity index (χ1) is 18.3. The fraction of sp³-hybridized carbons (Fsp3) is 0.148. The Balaban J connectivity index is 1.77. The number of benzene rings is 2. The van der Waals surface area contributed by atoms with Gasteiger partial charge in [0.2, 0.25) is 0 Å². The number of halogens is 4. The van der Waals surface area contributed by atoms with Crippen molar-refractivity contribution in [3.05, 3.63) is 89.4 Å². The molecule has 0 spiro atoms. The summed E-state index contributed by atoms with van der Waals surface area (Å²) in [5, 5.41) is 0.415. The highest BCUT2D eigenvalue weighted by Gasteiger charge is 2.35. The Bertz CT molecular complexity index is 1810. The molecule has 0 atom stereocenters. The van der Waals surface area contributed by atoms with Crippen molar-refractivity contribution in [2.45, 2.75) is 24.9 Å². The molecule has 3 heterocycles. The number of pyridine rings is 1. The van der Waals surface area contributed by atoms with E-state index >= 15 is 0 Å². The predicted octanol–water partition coefficient (Wildman–Crippen LogP) is 6.95. The van der Waals surface area contributed by atoms with Gasteiger partial charge >= 0.3 is 6.18 Å². The maximum absolute atomic E-state index is 13.5. The number of rotatable bonds is 5. The molecule has 0 aliphatic heterocycles. The minimum atomic E-state index is -4.63. The fourth-order valence-corrected chi connectivity index (χ4v) is 4.95. The summed E-state index contributed by atoms with van der Waals surface area (Å²) in [4.78, 5) is 12.7. The van der Waals surface area contributed by atoms with Crippen molar-refractivity contribution in [1.29, 1.82) is 0 Å². The molecule has 200 valence electrons. The Morgan fingerprint density at radius 3 is 2.36 bits per heavy atom. The Kier molecular flexibility index (Phi) is 6.59. The van der Waals surface area contributed by atoms with E-state index in [1.54, 1.807) is 49.4 Å². The molecule has 2 aromatic carbocycles. The second-order valence-electron chi connectivity index (χ2n) is 8.85. The van der Waals surface area contributed by atoms with Crippen LogP contribution in [-0.2, 0) is 16.0 Å². The average molecular weight is 573 g/mol. The lowest BCUT2D eigenvalue weighted by Crippen LogP contribution is -2.05. The van der Waals surface area contributed by atoms with E-state index in [0.29, 0.717) is 50.4 Å². The molecule has 3 aromatic heterocycles. The third-order valence-corrected chi connectivity index (χ3v) is 7.31. The molecule has 0 aliphatic rings. The second kappa shape index (κ2) is 9.65. The van der Waals surface area contributed by atoms with Crippen molar-refractivity contribution in [2.75, 3.05) is 6.26 Å². The monoisotopic (exact) mass is 572 g/mol. The maximum Gasteiger partial charge on any atom is 0.434 e. The minimum Gasteiger partial charge on any atom is -0.439 e. The second-order valence-corrected chi connectivity index (χ2v) is 11.3. The van der Waals surface area contributed by atoms with Crippen molar-refractivity contribution >= 4 is 21.4 Å². The first-order valence-corrected chi connectivity index (χ1v) is 13.8. The summed E-state index contributed by atoms with van der Waals surface area (Å²) < 4.78 is 72.0. The van der Waals surface area contributed by atoms with E-state index in [-0.39, 0.29) is 10.7 Å². The van der Waals surface area contributed by atoms with Crippen LogP contribution in [0.1, 0.15) is 17.4 Å². The van der Waals surface area contributed by atoms with Crippen molar-refractivity contribution in [2.24, 2.45) is 0 Å². The highest BCUT2D eigenvalue weighted by atomic mass is 35.5. The molecule has 5 rings (SSSR count). The predicted molar refractivity (Wildman–Crippen MR) is 140 cm³/mol. The van der Waals surface area contributed by atoms with Gasteiger partial charge in [-0.05, 0) is 54.4 Å². The number of aryl methyl sites for hydroxylation is 2. The Morgan fingerprint density at radius 2 is 1.72 bits per heavy atom. The molecular weight excluding hydrogens is 553 g/mol. The molecule has 0 unspecified atom stereocenters. The Morgan fingerprint density at radius 1 is 0.974 bits per heavy atom. The van der Waals surface area contributed by atoms with E-state index in [9.17, 15) is 21.6 Å². The molecule has 39 heavy (non-hydrogen) atoms. The quantitative estimate of drug-likeness (QED) is 0.226. The van der Waals surface area contributed by atoms with Gasteiger partial charge in [0.1, 0.15) is 17.2 Å². The van der Waals surface area contributed by atoms with Gasteiger partial charge in [0.15, 0.2) is 27.2 Å². The van der Waals surface area contributed by atoms with Crippen LogP contribution >= 0.6 is 11.6 Å². The number of aromatic nitrogens is 4. The standard InChI is InChI=1S/C27H20ClF3N4O3S/c1-15-33-24(27(29,30)31)14-35(15)23-10-7-18(17-5-4-6-20(11-17)39(3,36)37)12-21(23)25-26(38-16(2)34-25)22-9-8-19(28)13-32-22/h4-14H,1-3H3. The lowest BCUT2D eigenvalue weighted by molar-refractivity contribution is -0.141. The molecule has 0 bridgehead atoms. The SMILES string of the molecule is Cc1nc(-c2cc(-c3cccc(S(C)(=O)=O)c3)ccc2-n2cc(C(F)(F)F)nc2C)c(-c2ccc(Cl)cn2)o1. The summed E-state index contributed by atoms with van der Waals surface area (Å²) >= 11 is 6.00. The maximum atomic E-state index is 13.5. The highest BCUT2D eigenvalue weighted by Crippen LogP contribution is 2.39. The zero-order valence-corrected chi connectivity index (χ0v) is 22.4. The molecule has 5 aromatic rings. The normalized spacial score (nSPS) is 12.2. The topological polar surface area (TPSA) is 90.9 Å². The molecule has 0 saturated heterocycles. The number of hydrogen-bond acceptors (Lipinski definition) is 6. The smallest absolute Gasteiger partial charge is 0.434 e. The molecule has 0 N–H and O–H groups in total. The Labute approximate surface area is 226 Å². The lowest BCUT2D eigenvalue weighted by atomic mass is 9.98. The number of nitrogens with zero attached hydrogens (tertiary/aromatic N) is 4. The van der Waals surface area contributed by atoms with E-state index in [1.807, 2.05) is 0 Å². The van der Waals surface area contributed by atoms with E-state index in [4.69, 9.17) is 16.0 Å². The van der Waals surface area contributed by atoms with Gasteiger partial charge in [0.25, 0.3) is 0 Å². The fourth-order valence-electron chi connectivity index (χ4n) is 4.17. The number of imidazole rings is 1. The average Bonchev–Trinajstić information content (AvgIpc) is 3.46. The summed E-state index contributed by atoms with van der Waals surface area (Å²) in [5.74, 6) is 0.716. The van der Waals surface area contributed by atoms with Crippen LogP contribution in [0, 0.1) is 13.8 Å². The van der Waals surface area contributed by atoms with Crippen molar-refractivity contribution < 1.29 is 26.0 Å². The number of sulfone groups is 1. The van der Waals surface area contributed by atoms with Crippen LogP contribution in [0.3, 0.4) is 0 Å². The molecule has 0 saturated carbocycles. The minimum absolute atomic E-state index is 0.113. The van der Waals surface area contributed by atoms with Gasteiger partial charge < -0.3 is 8.98 Å². The first-order valence-electron chi connectivity index (χ1n) is 11.5. The largest absolute Gasteiger partial charge is 0.439 e. The zero-order valence-electron chi connectivity index (χ0n) is 20.8. The summed E-state index contributed by atoms with van der Waals surface area (Å²) in [6, 6.07) is 14.7. The third kappa shape index (κ3) is 5.32. The van der Waals surface area contributed by atoms with E-state index in [0.717, 1.165) is 12.5 Å². The Hall–Kier alpha value is -3.96. The highest BCUT2D eigenvalue weighted by molar-refractivity contribution is 7.90. The van der Waals surface area contributed by atoms with Gasteiger partial charge in [-0.15, -0.1) is 0 Å². The number of oxazole rings is 1. The zero-order chi connectivity index (χ0) is 28.1. The summed E-state index contributed by atoms with van der Waals surface area (Å²) in [5.41, 5.74) is 1.71. The number of hydrogen-bond donors (Lipinski definition) is 0. The van der Waals surface area contributed by atoms with Crippen LogP contribution < -0.4 is 0 Å². The van der Waals surface area contributed by atoms with Crippen molar-refractivity contribution in [1.82, 2.24) is 19.5 Å². The summed E-state index contributed by atoms with van der Waals surface area (Å²) in [7, 11) is -3.47. The lowest BCUT2D eigenvalue weighted by Gasteiger charge is -2.14. The van der Waals surface area contributed by atoms with E-state index < -0.39 is 21.7 Å². The molecule has 0 amide bonds. The first kappa shape index (κ1) is 26.6. The van der Waals surface area contributed by atoms with Crippen LogP contribution in [0.5, 0.6) is 0 Å². The van der Waals surface area contributed by atoms with Gasteiger partial charge in [-0.1, -0.05) is 29.8 Å². The van der Waals surface area contributed by atoms with Crippen molar-refractivity contribution in [3.8, 4) is 39.5 Å². The van der Waals surface area contributed by atoms with E-state index in [1.165, 1.54) is 29.8 Å². The van der Waals surface area contributed by atoms with Gasteiger partial charge in [0, 0.05) is 31.1 Å². The third-order valence-electron chi connectivity index (χ3n) is 5.97. The number of alkyl halides is 3. The molecular formula is C27H20ClF3N4O3S. The summed E-state index contributed by atoms with van der Waals surface area (Å²) in [6.07, 6.45) is -1.15. The van der Waals surface area contributed by atoms with Crippen LogP contribution in [0.25, 0.3) is 39.5 Å².